The lowest BCUT2D eigenvalue weighted by molar-refractivity contribution is -0.0650. The Labute approximate surface area is 247 Å². The summed E-state index contributed by atoms with van der Waals surface area (Å²) in [5.41, 5.74) is 4.29. The van der Waals surface area contributed by atoms with Crippen LogP contribution in [0.4, 0.5) is 0 Å². The van der Waals surface area contributed by atoms with Crippen LogP contribution >= 0.6 is 0 Å². The van der Waals surface area contributed by atoms with Crippen molar-refractivity contribution >= 4 is 0 Å². The first-order valence-electron chi connectivity index (χ1n) is 14.5. The third kappa shape index (κ3) is 8.81. The molecule has 1 heterocycles. The molecule has 5 rings (SSSR count). The molecule has 1 saturated heterocycles. The summed E-state index contributed by atoms with van der Waals surface area (Å²) in [6.07, 6.45) is 0.570. The van der Waals surface area contributed by atoms with Crippen molar-refractivity contribution in [3.63, 3.8) is 0 Å². The number of phenols is 2. The van der Waals surface area contributed by atoms with E-state index in [2.05, 4.69) is 29.6 Å². The molecule has 7 nitrogen and oxygen atoms in total. The fraction of sp³-hybridized carbons (Fsp3) is 0.314. The summed E-state index contributed by atoms with van der Waals surface area (Å²) >= 11 is 0. The highest BCUT2D eigenvalue weighted by Gasteiger charge is 2.36. The van der Waals surface area contributed by atoms with Gasteiger partial charge in [0.05, 0.1) is 45.2 Å². The zero-order valence-electron chi connectivity index (χ0n) is 23.7. The number of hydrogen-bond acceptors (Lipinski definition) is 7. The molecule has 220 valence electrons. The van der Waals surface area contributed by atoms with Crippen molar-refractivity contribution in [2.45, 2.75) is 44.4 Å². The Kier molecular flexibility index (Phi) is 10.8. The van der Waals surface area contributed by atoms with E-state index in [9.17, 15) is 10.2 Å². The number of phenolic OH excluding ortho intramolecular Hbond substituents is 2. The number of piperidine rings is 1. The molecular formula is C35H39NO6. The van der Waals surface area contributed by atoms with Crippen molar-refractivity contribution in [1.82, 2.24) is 5.32 Å². The van der Waals surface area contributed by atoms with Crippen LogP contribution < -0.4 is 10.1 Å². The number of benzene rings is 4. The lowest BCUT2D eigenvalue weighted by atomic mass is 9.85. The topological polar surface area (TPSA) is 89.4 Å². The van der Waals surface area contributed by atoms with Gasteiger partial charge in [0.15, 0.2) is 0 Å². The van der Waals surface area contributed by atoms with Gasteiger partial charge in [-0.15, -0.1) is 0 Å². The van der Waals surface area contributed by atoms with Gasteiger partial charge in [-0.05, 0) is 58.7 Å². The molecule has 3 N–H and O–H groups in total. The first kappa shape index (κ1) is 29.6. The van der Waals surface area contributed by atoms with E-state index in [0.29, 0.717) is 46.1 Å². The smallest absolute Gasteiger partial charge is 0.119 e. The van der Waals surface area contributed by atoms with Crippen LogP contribution in [0.3, 0.4) is 0 Å². The van der Waals surface area contributed by atoms with Gasteiger partial charge in [0.2, 0.25) is 0 Å². The molecule has 1 fully saturated rings. The van der Waals surface area contributed by atoms with Crippen LogP contribution in [0.25, 0.3) is 0 Å². The molecule has 2 unspecified atom stereocenters. The second kappa shape index (κ2) is 15.4. The van der Waals surface area contributed by atoms with E-state index in [4.69, 9.17) is 18.9 Å². The summed E-state index contributed by atoms with van der Waals surface area (Å²) in [6.45, 7) is 4.09. The van der Waals surface area contributed by atoms with Gasteiger partial charge in [0.1, 0.15) is 17.2 Å². The number of aromatic hydroxyl groups is 2. The molecule has 4 aromatic carbocycles. The van der Waals surface area contributed by atoms with E-state index in [1.54, 1.807) is 24.3 Å². The zero-order chi connectivity index (χ0) is 29.0. The average Bonchev–Trinajstić information content (AvgIpc) is 3.03. The van der Waals surface area contributed by atoms with Crippen molar-refractivity contribution in [3.05, 3.63) is 125 Å². The molecule has 7 heteroatoms. The molecule has 0 aliphatic carbocycles. The Morgan fingerprint density at radius 1 is 0.595 bits per heavy atom. The van der Waals surface area contributed by atoms with Crippen molar-refractivity contribution in [2.75, 3.05) is 26.3 Å². The fourth-order valence-corrected chi connectivity index (χ4v) is 5.11. The van der Waals surface area contributed by atoms with Gasteiger partial charge in [-0.25, -0.2) is 0 Å². The standard InChI is InChI=1S/C35H39NO6/c37-30-13-7-27(8-14-30)24-41-33-21-36-22-34(42-25-28-9-15-31(38)16-10-28)35(33)29-11-17-32(18-12-29)40-20-4-19-39-23-26-5-2-1-3-6-26/h1-3,5-18,33-38H,4,19-25H2. The summed E-state index contributed by atoms with van der Waals surface area (Å²) in [6, 6.07) is 32.6. The van der Waals surface area contributed by atoms with Gasteiger partial charge in [-0.3, -0.25) is 0 Å². The predicted octanol–water partition coefficient (Wildman–Crippen LogP) is 5.94. The molecule has 0 saturated carbocycles. The number of rotatable bonds is 14. The third-order valence-electron chi connectivity index (χ3n) is 7.37. The van der Waals surface area contributed by atoms with Crippen LogP contribution in [-0.4, -0.2) is 48.7 Å². The van der Waals surface area contributed by atoms with E-state index in [1.807, 2.05) is 54.6 Å². The SMILES string of the molecule is Oc1ccc(COC2CNCC(OCc3ccc(O)cc3)C2c2ccc(OCCCOCc3ccccc3)cc2)cc1. The summed E-state index contributed by atoms with van der Waals surface area (Å²) in [7, 11) is 0. The second-order valence-corrected chi connectivity index (χ2v) is 10.5. The Morgan fingerprint density at radius 2 is 1.14 bits per heavy atom. The minimum atomic E-state index is -0.120. The van der Waals surface area contributed by atoms with Crippen LogP contribution in [0, 0.1) is 0 Å². The van der Waals surface area contributed by atoms with Crippen molar-refractivity contribution in [2.24, 2.45) is 0 Å². The number of hydrogen-bond donors (Lipinski definition) is 3. The van der Waals surface area contributed by atoms with Gasteiger partial charge < -0.3 is 34.5 Å². The van der Waals surface area contributed by atoms with Crippen LogP contribution in [0.15, 0.2) is 103 Å². The maximum absolute atomic E-state index is 9.63. The van der Waals surface area contributed by atoms with Gasteiger partial charge in [0.25, 0.3) is 0 Å². The van der Waals surface area contributed by atoms with Gasteiger partial charge in [-0.2, -0.15) is 0 Å². The quantitative estimate of drug-likeness (QED) is 0.162. The Balaban J connectivity index is 1.19. The molecule has 0 spiro atoms. The van der Waals surface area contributed by atoms with Crippen LogP contribution in [0.2, 0.25) is 0 Å². The maximum atomic E-state index is 9.63. The van der Waals surface area contributed by atoms with Crippen molar-refractivity contribution in [1.29, 1.82) is 0 Å². The van der Waals surface area contributed by atoms with Crippen LogP contribution in [-0.2, 0) is 34.0 Å². The van der Waals surface area contributed by atoms with Crippen LogP contribution in [0.5, 0.6) is 17.2 Å². The Morgan fingerprint density at radius 3 is 1.71 bits per heavy atom. The first-order valence-corrected chi connectivity index (χ1v) is 14.5. The first-order chi connectivity index (χ1) is 20.6. The van der Waals surface area contributed by atoms with Crippen LogP contribution in [0.1, 0.15) is 34.6 Å². The minimum absolute atomic E-state index is 0.000849. The second-order valence-electron chi connectivity index (χ2n) is 10.5. The van der Waals surface area contributed by atoms with E-state index in [0.717, 1.165) is 28.9 Å². The van der Waals surface area contributed by atoms with E-state index < -0.39 is 0 Å². The molecule has 0 bridgehead atoms. The van der Waals surface area contributed by atoms with Crippen molar-refractivity contribution < 1.29 is 29.2 Å². The maximum Gasteiger partial charge on any atom is 0.119 e. The third-order valence-corrected chi connectivity index (χ3v) is 7.37. The Hall–Kier alpha value is -3.88. The highest BCUT2D eigenvalue weighted by molar-refractivity contribution is 5.32. The van der Waals surface area contributed by atoms with E-state index in [1.165, 1.54) is 5.56 Å². The molecule has 42 heavy (non-hydrogen) atoms. The number of ether oxygens (including phenoxy) is 4. The summed E-state index contributed by atoms with van der Waals surface area (Å²) in [5.74, 6) is 1.29. The molecule has 0 amide bonds. The summed E-state index contributed by atoms with van der Waals surface area (Å²) < 4.78 is 24.6. The molecule has 1 aliphatic rings. The highest BCUT2D eigenvalue weighted by Crippen LogP contribution is 2.32. The van der Waals surface area contributed by atoms with Gasteiger partial charge in [0, 0.05) is 25.4 Å². The molecule has 0 radical (unpaired) electrons. The average molecular weight is 570 g/mol. The number of nitrogens with one attached hydrogen (secondary N) is 1. The normalized spacial score (nSPS) is 18.5. The molecule has 1 aliphatic heterocycles. The molecule has 2 atom stereocenters. The molecule has 0 aromatic heterocycles. The highest BCUT2D eigenvalue weighted by atomic mass is 16.5. The lowest BCUT2D eigenvalue weighted by Crippen LogP contribution is -2.50. The fourth-order valence-electron chi connectivity index (χ4n) is 5.11. The van der Waals surface area contributed by atoms with Gasteiger partial charge in [-0.1, -0.05) is 66.7 Å². The minimum Gasteiger partial charge on any atom is -0.508 e. The zero-order valence-corrected chi connectivity index (χ0v) is 23.7. The van der Waals surface area contributed by atoms with E-state index >= 15 is 0 Å². The largest absolute Gasteiger partial charge is 0.508 e. The van der Waals surface area contributed by atoms with Crippen molar-refractivity contribution in [3.8, 4) is 17.2 Å². The monoisotopic (exact) mass is 569 g/mol. The van der Waals surface area contributed by atoms with Gasteiger partial charge >= 0.3 is 0 Å². The van der Waals surface area contributed by atoms with E-state index in [-0.39, 0.29) is 29.6 Å². The Bertz CT molecular complexity index is 1270. The summed E-state index contributed by atoms with van der Waals surface area (Å²) in [5, 5.41) is 22.7. The molecular weight excluding hydrogens is 530 g/mol. The summed E-state index contributed by atoms with van der Waals surface area (Å²) in [4.78, 5) is 0. The predicted molar refractivity (Wildman–Crippen MR) is 162 cm³/mol. The lowest BCUT2D eigenvalue weighted by Gasteiger charge is -2.39. The molecule has 4 aromatic rings.